The monoisotopic (exact) mass is 486 g/mol. The number of rotatable bonds is 6. The van der Waals surface area contributed by atoms with Crippen molar-refractivity contribution >= 4 is 44.8 Å². The van der Waals surface area contributed by atoms with Crippen molar-refractivity contribution in [3.8, 4) is 5.75 Å². The summed E-state index contributed by atoms with van der Waals surface area (Å²) in [4.78, 5) is 12.6. The Labute approximate surface area is 192 Å². The average molecular weight is 487 g/mol. The Bertz CT molecular complexity index is 1040. The van der Waals surface area contributed by atoms with Gasteiger partial charge in [0, 0.05) is 18.8 Å². The summed E-state index contributed by atoms with van der Waals surface area (Å²) in [5, 5.41) is 3.25. The molecule has 0 aliphatic carbocycles. The predicted molar refractivity (Wildman–Crippen MR) is 120 cm³/mol. The minimum Gasteiger partial charge on any atom is -0.479 e. The van der Waals surface area contributed by atoms with Gasteiger partial charge in [-0.2, -0.15) is 4.31 Å². The van der Waals surface area contributed by atoms with Crippen molar-refractivity contribution < 1.29 is 22.7 Å². The maximum Gasteiger partial charge on any atom is 0.265 e. The van der Waals surface area contributed by atoms with Crippen LogP contribution in [0.1, 0.15) is 20.8 Å². The van der Waals surface area contributed by atoms with E-state index in [1.165, 1.54) is 28.6 Å². The zero-order valence-corrected chi connectivity index (χ0v) is 19.7. The fourth-order valence-electron chi connectivity index (χ4n) is 3.25. The molecule has 7 nitrogen and oxygen atoms in total. The van der Waals surface area contributed by atoms with Gasteiger partial charge in [0.05, 0.1) is 22.1 Å². The van der Waals surface area contributed by atoms with Crippen LogP contribution in [0.5, 0.6) is 5.75 Å². The molecular weight excluding hydrogens is 463 g/mol. The van der Waals surface area contributed by atoms with Crippen LogP contribution in [0.15, 0.2) is 47.4 Å². The Morgan fingerprint density at radius 2 is 1.74 bits per heavy atom. The van der Waals surface area contributed by atoms with Crippen molar-refractivity contribution in [3.05, 3.63) is 52.5 Å². The molecule has 1 amide bonds. The number of hydrogen-bond donors (Lipinski definition) is 1. The van der Waals surface area contributed by atoms with E-state index in [2.05, 4.69) is 5.32 Å². The molecule has 0 aromatic heterocycles. The summed E-state index contributed by atoms with van der Waals surface area (Å²) in [5.74, 6) is -0.116. The number of carbonyl (C=O) groups excluding carboxylic acids is 1. The maximum atomic E-state index is 12.9. The smallest absolute Gasteiger partial charge is 0.265 e. The molecule has 3 rings (SSSR count). The van der Waals surface area contributed by atoms with Crippen molar-refractivity contribution in [2.24, 2.45) is 0 Å². The van der Waals surface area contributed by atoms with E-state index in [9.17, 15) is 13.2 Å². The topological polar surface area (TPSA) is 84.9 Å². The van der Waals surface area contributed by atoms with Gasteiger partial charge in [0.1, 0.15) is 10.8 Å². The number of ether oxygens (including phenoxy) is 2. The first kappa shape index (κ1) is 23.8. The summed E-state index contributed by atoms with van der Waals surface area (Å²) in [6.45, 7) is 5.86. The van der Waals surface area contributed by atoms with Crippen molar-refractivity contribution in [1.29, 1.82) is 0 Å². The average Bonchev–Trinajstić information content (AvgIpc) is 2.71. The normalized spacial score (nSPS) is 20.8. The van der Waals surface area contributed by atoms with Crippen LogP contribution in [0.3, 0.4) is 0 Å². The number of hydrogen-bond acceptors (Lipinski definition) is 5. The number of nitrogens with zero attached hydrogens (tertiary/aromatic N) is 1. The van der Waals surface area contributed by atoms with Crippen LogP contribution in [0.4, 0.5) is 5.69 Å². The molecule has 3 unspecified atom stereocenters. The number of amides is 1. The highest BCUT2D eigenvalue weighted by Gasteiger charge is 2.32. The molecule has 31 heavy (non-hydrogen) atoms. The van der Waals surface area contributed by atoms with Crippen molar-refractivity contribution in [2.45, 2.75) is 44.0 Å². The highest BCUT2D eigenvalue weighted by atomic mass is 35.5. The number of anilines is 1. The molecule has 168 valence electrons. The highest BCUT2D eigenvalue weighted by molar-refractivity contribution is 7.89. The molecule has 10 heteroatoms. The number of halogens is 2. The number of benzene rings is 2. The van der Waals surface area contributed by atoms with Gasteiger partial charge < -0.3 is 14.8 Å². The van der Waals surface area contributed by atoms with Crippen molar-refractivity contribution in [1.82, 2.24) is 4.31 Å². The lowest BCUT2D eigenvalue weighted by atomic mass is 10.3. The predicted octanol–water partition coefficient (Wildman–Crippen LogP) is 4.20. The molecule has 1 aliphatic rings. The molecule has 1 heterocycles. The van der Waals surface area contributed by atoms with Crippen LogP contribution in [0, 0.1) is 0 Å². The van der Waals surface area contributed by atoms with E-state index in [-0.39, 0.29) is 22.1 Å². The van der Waals surface area contributed by atoms with Gasteiger partial charge in [-0.15, -0.1) is 0 Å². The minimum atomic E-state index is -3.65. The molecule has 2 aromatic carbocycles. The molecule has 3 atom stereocenters. The van der Waals surface area contributed by atoms with Crippen LogP contribution >= 0.6 is 23.2 Å². The summed E-state index contributed by atoms with van der Waals surface area (Å²) in [6, 6.07) is 10.9. The standard InChI is InChI=1S/C21H24Cl2N2O5S/c1-13-11-25(12-14(2)29-13)31(27,28)17-9-7-16(8-10-17)24-21(26)15(3)30-19-6-4-5-18(22)20(19)23/h4-10,13-15H,11-12H2,1-3H3,(H,24,26). The van der Waals surface area contributed by atoms with E-state index < -0.39 is 22.0 Å². The summed E-state index contributed by atoms with van der Waals surface area (Å²) >= 11 is 12.0. The third-order valence-corrected chi connectivity index (χ3v) is 7.38. The van der Waals surface area contributed by atoms with Gasteiger partial charge in [0.25, 0.3) is 5.91 Å². The van der Waals surface area contributed by atoms with Crippen molar-refractivity contribution in [2.75, 3.05) is 18.4 Å². The molecule has 1 N–H and O–H groups in total. The summed E-state index contributed by atoms with van der Waals surface area (Å²) in [6.07, 6.45) is -1.20. The number of sulfonamides is 1. The van der Waals surface area contributed by atoms with Gasteiger partial charge in [-0.3, -0.25) is 4.79 Å². The minimum absolute atomic E-state index is 0.154. The van der Waals surface area contributed by atoms with E-state index in [0.717, 1.165) is 0 Å². The zero-order chi connectivity index (χ0) is 22.8. The van der Waals surface area contributed by atoms with Gasteiger partial charge in [-0.1, -0.05) is 29.3 Å². The summed E-state index contributed by atoms with van der Waals surface area (Å²) in [7, 11) is -3.65. The number of nitrogens with one attached hydrogen (secondary N) is 1. The first-order valence-electron chi connectivity index (χ1n) is 9.75. The van der Waals surface area contributed by atoms with Gasteiger partial charge >= 0.3 is 0 Å². The zero-order valence-electron chi connectivity index (χ0n) is 17.3. The van der Waals surface area contributed by atoms with Gasteiger partial charge in [0.15, 0.2) is 6.10 Å². The molecule has 0 spiro atoms. The molecule has 1 saturated heterocycles. The Morgan fingerprint density at radius 1 is 1.13 bits per heavy atom. The maximum absolute atomic E-state index is 12.9. The Kier molecular flexibility index (Phi) is 7.49. The highest BCUT2D eigenvalue weighted by Crippen LogP contribution is 2.32. The fourth-order valence-corrected chi connectivity index (χ4v) is 5.18. The molecular formula is C21H24Cl2N2O5S. The largest absolute Gasteiger partial charge is 0.479 e. The molecule has 2 aromatic rings. The lowest BCUT2D eigenvalue weighted by Gasteiger charge is -2.34. The van der Waals surface area contributed by atoms with E-state index in [0.29, 0.717) is 29.5 Å². The van der Waals surface area contributed by atoms with E-state index in [4.69, 9.17) is 32.7 Å². The van der Waals surface area contributed by atoms with Gasteiger partial charge in [-0.25, -0.2) is 8.42 Å². The second-order valence-electron chi connectivity index (χ2n) is 7.40. The van der Waals surface area contributed by atoms with Crippen molar-refractivity contribution in [3.63, 3.8) is 0 Å². The summed E-state index contributed by atoms with van der Waals surface area (Å²) < 4.78 is 38.5. The van der Waals surface area contributed by atoms with Crippen LogP contribution < -0.4 is 10.1 Å². The molecule has 1 aliphatic heterocycles. The number of morpholine rings is 1. The second kappa shape index (κ2) is 9.75. The van der Waals surface area contributed by atoms with Crippen LogP contribution in [0.2, 0.25) is 10.0 Å². The number of carbonyl (C=O) groups is 1. The Morgan fingerprint density at radius 3 is 2.35 bits per heavy atom. The van der Waals surface area contributed by atoms with Crippen LogP contribution in [0.25, 0.3) is 0 Å². The first-order valence-corrected chi connectivity index (χ1v) is 11.9. The molecule has 0 saturated carbocycles. The third kappa shape index (κ3) is 5.70. The first-order chi connectivity index (χ1) is 14.6. The molecule has 0 radical (unpaired) electrons. The van der Waals surface area contributed by atoms with Crippen LogP contribution in [-0.4, -0.2) is 50.0 Å². The third-order valence-electron chi connectivity index (χ3n) is 4.73. The fraction of sp³-hybridized carbons (Fsp3) is 0.381. The second-order valence-corrected chi connectivity index (χ2v) is 10.1. The molecule has 1 fully saturated rings. The van der Waals surface area contributed by atoms with E-state index in [1.807, 2.05) is 13.8 Å². The van der Waals surface area contributed by atoms with Gasteiger partial charge in [0.2, 0.25) is 10.0 Å². The quantitative estimate of drug-likeness (QED) is 0.661. The van der Waals surface area contributed by atoms with Crippen LogP contribution in [-0.2, 0) is 19.6 Å². The SMILES string of the molecule is CC1CN(S(=O)(=O)c2ccc(NC(=O)C(C)Oc3cccc(Cl)c3Cl)cc2)CC(C)O1. The van der Waals surface area contributed by atoms with Gasteiger partial charge in [-0.05, 0) is 57.2 Å². The lowest BCUT2D eigenvalue weighted by molar-refractivity contribution is -0.122. The Balaban J connectivity index is 1.66. The Hall–Kier alpha value is -1.84. The lowest BCUT2D eigenvalue weighted by Crippen LogP contribution is -2.48. The molecule has 0 bridgehead atoms. The summed E-state index contributed by atoms with van der Waals surface area (Å²) in [5.41, 5.74) is 0.445. The van der Waals surface area contributed by atoms with E-state index in [1.54, 1.807) is 25.1 Å². The van der Waals surface area contributed by atoms with E-state index >= 15 is 0 Å².